The van der Waals surface area contributed by atoms with Gasteiger partial charge in [0.15, 0.2) is 6.73 Å². The third kappa shape index (κ3) is 6.83. The molecule has 2 N–H and O–H groups in total. The average molecular weight is 306 g/mol. The summed E-state index contributed by atoms with van der Waals surface area (Å²) < 4.78 is 5.61. The van der Waals surface area contributed by atoms with Crippen molar-refractivity contribution in [1.29, 1.82) is 0 Å². The standard InChI is InChI=1S/C18H30N2O2/c1-13-8-9-15(14(2)10-13)22-12-19-16(21)20-18(6,7)11-17(3,4)5/h8-10H,11-12H2,1-7H3,(H2,19,20,21). The number of carbonyl (C=O) groups is 1. The van der Waals surface area contributed by atoms with E-state index in [4.69, 9.17) is 4.74 Å². The molecule has 124 valence electrons. The summed E-state index contributed by atoms with van der Waals surface area (Å²) in [5, 5.41) is 5.74. The van der Waals surface area contributed by atoms with Crippen molar-refractivity contribution in [2.24, 2.45) is 5.41 Å². The molecule has 0 aliphatic heterocycles. The van der Waals surface area contributed by atoms with E-state index in [2.05, 4.69) is 37.5 Å². The molecule has 0 aliphatic carbocycles. The van der Waals surface area contributed by atoms with Crippen molar-refractivity contribution in [3.8, 4) is 5.75 Å². The minimum Gasteiger partial charge on any atom is -0.473 e. The first-order chi connectivity index (χ1) is 9.98. The Labute approximate surface area is 134 Å². The van der Waals surface area contributed by atoms with Crippen LogP contribution in [0, 0.1) is 19.3 Å². The number of urea groups is 1. The summed E-state index contributed by atoms with van der Waals surface area (Å²) in [5.74, 6) is 0.792. The lowest BCUT2D eigenvalue weighted by atomic mass is 9.82. The van der Waals surface area contributed by atoms with Crippen LogP contribution in [0.2, 0.25) is 0 Å². The molecule has 4 nitrogen and oxygen atoms in total. The fourth-order valence-corrected chi connectivity index (χ4v) is 2.86. The predicted molar refractivity (Wildman–Crippen MR) is 91.2 cm³/mol. The number of amides is 2. The summed E-state index contributed by atoms with van der Waals surface area (Å²) in [6, 6.07) is 5.77. The second-order valence-corrected chi connectivity index (χ2v) is 7.81. The first-order valence-corrected chi connectivity index (χ1v) is 7.75. The Balaban J connectivity index is 2.43. The number of ether oxygens (including phenoxy) is 1. The first kappa shape index (κ1) is 18.3. The Morgan fingerprint density at radius 2 is 1.77 bits per heavy atom. The zero-order chi connectivity index (χ0) is 17.0. The number of carbonyl (C=O) groups excluding carboxylic acids is 1. The van der Waals surface area contributed by atoms with Crippen LogP contribution in [0.5, 0.6) is 5.75 Å². The summed E-state index contributed by atoms with van der Waals surface area (Å²) in [4.78, 5) is 12.0. The maximum atomic E-state index is 12.0. The molecule has 0 saturated heterocycles. The molecular formula is C18H30N2O2. The van der Waals surface area contributed by atoms with Gasteiger partial charge in [-0.15, -0.1) is 0 Å². The van der Waals surface area contributed by atoms with Crippen LogP contribution in [-0.4, -0.2) is 18.3 Å². The molecule has 0 atom stereocenters. The molecule has 0 radical (unpaired) electrons. The lowest BCUT2D eigenvalue weighted by Crippen LogP contribution is -2.50. The van der Waals surface area contributed by atoms with E-state index < -0.39 is 0 Å². The Kier molecular flexibility index (Phi) is 5.86. The second kappa shape index (κ2) is 7.03. The molecular weight excluding hydrogens is 276 g/mol. The third-order valence-corrected chi connectivity index (χ3v) is 3.22. The molecule has 0 fully saturated rings. The SMILES string of the molecule is Cc1ccc(OCNC(=O)NC(C)(C)CC(C)(C)C)c(C)c1. The van der Waals surface area contributed by atoms with Crippen LogP contribution in [0.15, 0.2) is 18.2 Å². The van der Waals surface area contributed by atoms with Gasteiger partial charge in [0.2, 0.25) is 0 Å². The van der Waals surface area contributed by atoms with Gasteiger partial charge in [0.05, 0.1) is 0 Å². The molecule has 1 aromatic carbocycles. The smallest absolute Gasteiger partial charge is 0.317 e. The summed E-state index contributed by atoms with van der Waals surface area (Å²) in [6.45, 7) is 14.7. The van der Waals surface area contributed by atoms with E-state index in [0.29, 0.717) is 0 Å². The highest BCUT2D eigenvalue weighted by Crippen LogP contribution is 2.26. The number of aryl methyl sites for hydroxylation is 2. The quantitative estimate of drug-likeness (QED) is 0.803. The number of rotatable bonds is 5. The van der Waals surface area contributed by atoms with Gasteiger partial charge in [-0.25, -0.2) is 4.79 Å². The highest BCUT2D eigenvalue weighted by molar-refractivity contribution is 5.74. The average Bonchev–Trinajstić information content (AvgIpc) is 2.27. The van der Waals surface area contributed by atoms with Gasteiger partial charge >= 0.3 is 6.03 Å². The topological polar surface area (TPSA) is 50.4 Å². The lowest BCUT2D eigenvalue weighted by Gasteiger charge is -2.33. The lowest BCUT2D eigenvalue weighted by molar-refractivity contribution is 0.199. The Hall–Kier alpha value is -1.71. The van der Waals surface area contributed by atoms with Crippen LogP contribution < -0.4 is 15.4 Å². The second-order valence-electron chi connectivity index (χ2n) is 7.81. The number of hydrogen-bond acceptors (Lipinski definition) is 2. The molecule has 0 spiro atoms. The Morgan fingerprint density at radius 3 is 2.32 bits per heavy atom. The van der Waals surface area contributed by atoms with Crippen LogP contribution >= 0.6 is 0 Å². The Morgan fingerprint density at radius 1 is 1.14 bits per heavy atom. The van der Waals surface area contributed by atoms with Gasteiger partial charge in [-0.2, -0.15) is 0 Å². The molecule has 0 aliphatic rings. The van der Waals surface area contributed by atoms with Gasteiger partial charge in [-0.05, 0) is 51.2 Å². The van der Waals surface area contributed by atoms with E-state index in [9.17, 15) is 4.79 Å². The predicted octanol–water partition coefficient (Wildman–Crippen LogP) is 4.15. The highest BCUT2D eigenvalue weighted by atomic mass is 16.5. The molecule has 0 heterocycles. The van der Waals surface area contributed by atoms with Crippen molar-refractivity contribution in [3.63, 3.8) is 0 Å². The van der Waals surface area contributed by atoms with E-state index in [1.54, 1.807) is 0 Å². The highest BCUT2D eigenvalue weighted by Gasteiger charge is 2.26. The number of benzene rings is 1. The van der Waals surface area contributed by atoms with E-state index in [1.165, 1.54) is 5.56 Å². The molecule has 2 amide bonds. The maximum Gasteiger partial charge on any atom is 0.317 e. The summed E-state index contributed by atoms with van der Waals surface area (Å²) >= 11 is 0. The minimum absolute atomic E-state index is 0.154. The number of hydrogen-bond donors (Lipinski definition) is 2. The minimum atomic E-state index is -0.262. The molecule has 0 unspecified atom stereocenters. The normalized spacial score (nSPS) is 12.0. The molecule has 22 heavy (non-hydrogen) atoms. The van der Waals surface area contributed by atoms with Gasteiger partial charge in [-0.1, -0.05) is 38.5 Å². The first-order valence-electron chi connectivity index (χ1n) is 7.75. The van der Waals surface area contributed by atoms with E-state index in [0.717, 1.165) is 17.7 Å². The zero-order valence-electron chi connectivity index (χ0n) is 15.0. The largest absolute Gasteiger partial charge is 0.473 e. The summed E-state index contributed by atoms with van der Waals surface area (Å²) in [6.07, 6.45) is 0.894. The summed E-state index contributed by atoms with van der Waals surface area (Å²) in [5.41, 5.74) is 2.16. The fraction of sp³-hybridized carbons (Fsp3) is 0.611. The van der Waals surface area contributed by atoms with Gasteiger partial charge in [0.1, 0.15) is 5.75 Å². The molecule has 0 saturated carbocycles. The van der Waals surface area contributed by atoms with Crippen LogP contribution in [0.25, 0.3) is 0 Å². The van der Waals surface area contributed by atoms with Crippen molar-refractivity contribution >= 4 is 6.03 Å². The Bertz CT molecular complexity index is 516. The monoisotopic (exact) mass is 306 g/mol. The van der Waals surface area contributed by atoms with Crippen molar-refractivity contribution in [2.45, 2.75) is 60.4 Å². The molecule has 0 bridgehead atoms. The zero-order valence-corrected chi connectivity index (χ0v) is 15.0. The molecule has 0 aromatic heterocycles. The van der Waals surface area contributed by atoms with E-state index in [-0.39, 0.29) is 23.7 Å². The molecule has 1 rings (SSSR count). The van der Waals surface area contributed by atoms with Gasteiger partial charge in [0.25, 0.3) is 0 Å². The van der Waals surface area contributed by atoms with Gasteiger partial charge in [0, 0.05) is 5.54 Å². The van der Waals surface area contributed by atoms with E-state index >= 15 is 0 Å². The van der Waals surface area contributed by atoms with Gasteiger partial charge in [-0.3, -0.25) is 0 Å². The van der Waals surface area contributed by atoms with Crippen molar-refractivity contribution < 1.29 is 9.53 Å². The third-order valence-electron chi connectivity index (χ3n) is 3.22. The van der Waals surface area contributed by atoms with Crippen LogP contribution in [0.4, 0.5) is 4.79 Å². The maximum absolute atomic E-state index is 12.0. The van der Waals surface area contributed by atoms with Crippen molar-refractivity contribution in [1.82, 2.24) is 10.6 Å². The van der Waals surface area contributed by atoms with Crippen molar-refractivity contribution in [2.75, 3.05) is 6.73 Å². The van der Waals surface area contributed by atoms with Crippen LogP contribution in [-0.2, 0) is 0 Å². The molecule has 4 heteroatoms. The fourth-order valence-electron chi connectivity index (χ4n) is 2.86. The molecule has 1 aromatic rings. The van der Waals surface area contributed by atoms with E-state index in [1.807, 2.05) is 39.8 Å². The number of nitrogens with one attached hydrogen (secondary N) is 2. The van der Waals surface area contributed by atoms with Crippen LogP contribution in [0.3, 0.4) is 0 Å². The van der Waals surface area contributed by atoms with Gasteiger partial charge < -0.3 is 15.4 Å². The van der Waals surface area contributed by atoms with Crippen molar-refractivity contribution in [3.05, 3.63) is 29.3 Å². The summed E-state index contributed by atoms with van der Waals surface area (Å²) in [7, 11) is 0. The van der Waals surface area contributed by atoms with Crippen LogP contribution in [0.1, 0.15) is 52.2 Å².